The van der Waals surface area contributed by atoms with Crippen molar-refractivity contribution in [2.75, 3.05) is 6.54 Å². The SMILES string of the molecule is Cc1ncc(CNCCCCC(C)(C)C)s1. The summed E-state index contributed by atoms with van der Waals surface area (Å²) >= 11 is 1.78. The van der Waals surface area contributed by atoms with Crippen LogP contribution in [0.5, 0.6) is 0 Å². The Morgan fingerprint density at radius 2 is 2.06 bits per heavy atom. The van der Waals surface area contributed by atoms with Crippen molar-refractivity contribution in [3.8, 4) is 0 Å². The second-order valence-corrected chi connectivity index (χ2v) is 6.86. The minimum Gasteiger partial charge on any atom is -0.312 e. The van der Waals surface area contributed by atoms with E-state index in [9.17, 15) is 0 Å². The molecule has 16 heavy (non-hydrogen) atoms. The Balaban J connectivity index is 2.00. The highest BCUT2D eigenvalue weighted by Gasteiger charge is 2.08. The molecule has 0 aliphatic rings. The molecule has 0 radical (unpaired) electrons. The van der Waals surface area contributed by atoms with Gasteiger partial charge in [0.05, 0.1) is 5.01 Å². The Morgan fingerprint density at radius 1 is 1.31 bits per heavy atom. The predicted octanol–water partition coefficient (Wildman–Crippen LogP) is 3.76. The maximum absolute atomic E-state index is 4.24. The number of hydrogen-bond donors (Lipinski definition) is 1. The molecule has 0 aliphatic heterocycles. The molecule has 0 saturated carbocycles. The minimum absolute atomic E-state index is 0.481. The molecule has 1 heterocycles. The third kappa shape index (κ3) is 6.23. The molecule has 0 aromatic carbocycles. The van der Waals surface area contributed by atoms with E-state index in [0.29, 0.717) is 5.41 Å². The highest BCUT2D eigenvalue weighted by Crippen LogP contribution is 2.21. The van der Waals surface area contributed by atoms with Gasteiger partial charge in [0.25, 0.3) is 0 Å². The number of nitrogens with zero attached hydrogens (tertiary/aromatic N) is 1. The molecule has 0 atom stereocenters. The van der Waals surface area contributed by atoms with Crippen LogP contribution in [0.25, 0.3) is 0 Å². The Morgan fingerprint density at radius 3 is 2.62 bits per heavy atom. The van der Waals surface area contributed by atoms with Crippen molar-refractivity contribution in [2.45, 2.75) is 53.5 Å². The first kappa shape index (κ1) is 13.7. The molecule has 0 saturated heterocycles. The average Bonchev–Trinajstić information content (AvgIpc) is 2.56. The monoisotopic (exact) mass is 240 g/mol. The van der Waals surface area contributed by atoms with Crippen LogP contribution in [0.15, 0.2) is 6.20 Å². The number of nitrogens with one attached hydrogen (secondary N) is 1. The molecule has 2 nitrogen and oxygen atoms in total. The number of hydrogen-bond acceptors (Lipinski definition) is 3. The van der Waals surface area contributed by atoms with Crippen LogP contribution < -0.4 is 5.32 Å². The van der Waals surface area contributed by atoms with Crippen LogP contribution in [0.4, 0.5) is 0 Å². The fourth-order valence-electron chi connectivity index (χ4n) is 1.60. The van der Waals surface area contributed by atoms with Crippen LogP contribution in [0.2, 0.25) is 0 Å². The van der Waals surface area contributed by atoms with Crippen LogP contribution >= 0.6 is 11.3 Å². The molecule has 0 fully saturated rings. The molecule has 0 amide bonds. The van der Waals surface area contributed by atoms with Crippen molar-refractivity contribution >= 4 is 11.3 Å². The molecule has 0 unspecified atom stereocenters. The number of unbranched alkanes of at least 4 members (excludes halogenated alkanes) is 1. The number of rotatable bonds is 6. The third-order valence-electron chi connectivity index (χ3n) is 2.50. The van der Waals surface area contributed by atoms with Crippen molar-refractivity contribution in [1.29, 1.82) is 0 Å². The molecular weight excluding hydrogens is 216 g/mol. The van der Waals surface area contributed by atoms with Crippen molar-refractivity contribution in [1.82, 2.24) is 10.3 Å². The Hall–Kier alpha value is -0.410. The summed E-state index contributed by atoms with van der Waals surface area (Å²) in [6.07, 6.45) is 5.88. The van der Waals surface area contributed by atoms with E-state index in [0.717, 1.165) is 18.1 Å². The van der Waals surface area contributed by atoms with Gasteiger partial charge in [0.2, 0.25) is 0 Å². The largest absolute Gasteiger partial charge is 0.312 e. The highest BCUT2D eigenvalue weighted by atomic mass is 32.1. The quantitative estimate of drug-likeness (QED) is 0.766. The van der Waals surface area contributed by atoms with E-state index in [4.69, 9.17) is 0 Å². The lowest BCUT2D eigenvalue weighted by Crippen LogP contribution is -2.14. The summed E-state index contributed by atoms with van der Waals surface area (Å²) < 4.78 is 0. The van der Waals surface area contributed by atoms with E-state index >= 15 is 0 Å². The fourth-order valence-corrected chi connectivity index (χ4v) is 2.37. The van der Waals surface area contributed by atoms with E-state index in [1.54, 1.807) is 11.3 Å². The van der Waals surface area contributed by atoms with E-state index in [2.05, 4.69) is 38.0 Å². The zero-order chi connectivity index (χ0) is 12.0. The molecule has 0 bridgehead atoms. The molecule has 3 heteroatoms. The molecule has 1 N–H and O–H groups in total. The normalized spacial score (nSPS) is 12.0. The molecule has 92 valence electrons. The zero-order valence-electron chi connectivity index (χ0n) is 11.0. The van der Waals surface area contributed by atoms with Gasteiger partial charge in [-0.25, -0.2) is 4.98 Å². The van der Waals surface area contributed by atoms with Crippen LogP contribution in [0.3, 0.4) is 0 Å². The molecular formula is C13H24N2S. The van der Waals surface area contributed by atoms with E-state index in [1.807, 2.05) is 6.20 Å². The van der Waals surface area contributed by atoms with Gasteiger partial charge in [0.15, 0.2) is 0 Å². The van der Waals surface area contributed by atoms with Gasteiger partial charge in [-0.1, -0.05) is 27.2 Å². The minimum atomic E-state index is 0.481. The first-order valence-electron chi connectivity index (χ1n) is 6.09. The molecule has 1 aromatic heterocycles. The summed E-state index contributed by atoms with van der Waals surface area (Å²) in [7, 11) is 0. The summed E-state index contributed by atoms with van der Waals surface area (Å²) in [5, 5.41) is 4.63. The predicted molar refractivity (Wildman–Crippen MR) is 71.9 cm³/mol. The highest BCUT2D eigenvalue weighted by molar-refractivity contribution is 7.11. The lowest BCUT2D eigenvalue weighted by Gasteiger charge is -2.17. The first-order valence-corrected chi connectivity index (χ1v) is 6.91. The summed E-state index contributed by atoms with van der Waals surface area (Å²) in [5.41, 5.74) is 0.481. The lowest BCUT2D eigenvalue weighted by molar-refractivity contribution is 0.358. The first-order chi connectivity index (χ1) is 7.47. The van der Waals surface area contributed by atoms with Crippen molar-refractivity contribution in [3.05, 3.63) is 16.1 Å². The Labute approximate surface area is 103 Å². The smallest absolute Gasteiger partial charge is 0.0897 e. The number of aryl methyl sites for hydroxylation is 1. The fraction of sp³-hybridized carbons (Fsp3) is 0.769. The Kier molecular flexibility index (Phi) is 5.42. The summed E-state index contributed by atoms with van der Waals surface area (Å²) in [4.78, 5) is 5.58. The van der Waals surface area contributed by atoms with E-state index in [-0.39, 0.29) is 0 Å². The third-order valence-corrected chi connectivity index (χ3v) is 3.41. The van der Waals surface area contributed by atoms with E-state index in [1.165, 1.54) is 24.1 Å². The van der Waals surface area contributed by atoms with Crippen LogP contribution in [0, 0.1) is 12.3 Å². The van der Waals surface area contributed by atoms with Gasteiger partial charge in [-0.15, -0.1) is 11.3 Å². The summed E-state index contributed by atoms with van der Waals surface area (Å²) in [6.45, 7) is 11.1. The molecule has 1 aromatic rings. The Bertz CT molecular complexity index is 299. The van der Waals surface area contributed by atoms with Crippen LogP contribution in [-0.4, -0.2) is 11.5 Å². The molecule has 0 aliphatic carbocycles. The van der Waals surface area contributed by atoms with Gasteiger partial charge >= 0.3 is 0 Å². The van der Waals surface area contributed by atoms with Gasteiger partial charge in [-0.2, -0.15) is 0 Å². The van der Waals surface area contributed by atoms with Crippen LogP contribution in [-0.2, 0) is 6.54 Å². The lowest BCUT2D eigenvalue weighted by atomic mass is 9.90. The number of thiazole rings is 1. The second kappa shape index (κ2) is 6.36. The maximum Gasteiger partial charge on any atom is 0.0897 e. The van der Waals surface area contributed by atoms with Gasteiger partial charge in [0.1, 0.15) is 0 Å². The standard InChI is InChI=1S/C13H24N2S/c1-11-15-10-12(16-11)9-14-8-6-5-7-13(2,3)4/h10,14H,5-9H2,1-4H3. The average molecular weight is 240 g/mol. The second-order valence-electron chi connectivity index (χ2n) is 5.54. The summed E-state index contributed by atoms with van der Waals surface area (Å²) in [5.74, 6) is 0. The number of aromatic nitrogens is 1. The topological polar surface area (TPSA) is 24.9 Å². The van der Waals surface area contributed by atoms with Crippen molar-refractivity contribution in [2.24, 2.45) is 5.41 Å². The van der Waals surface area contributed by atoms with Crippen LogP contribution in [0.1, 0.15) is 49.9 Å². The maximum atomic E-state index is 4.24. The van der Waals surface area contributed by atoms with E-state index < -0.39 is 0 Å². The van der Waals surface area contributed by atoms with Crippen molar-refractivity contribution in [3.63, 3.8) is 0 Å². The molecule has 0 spiro atoms. The van der Waals surface area contributed by atoms with Gasteiger partial charge in [-0.3, -0.25) is 0 Å². The van der Waals surface area contributed by atoms with Gasteiger partial charge < -0.3 is 5.32 Å². The van der Waals surface area contributed by atoms with Gasteiger partial charge in [0, 0.05) is 17.6 Å². The zero-order valence-corrected chi connectivity index (χ0v) is 11.8. The summed E-state index contributed by atoms with van der Waals surface area (Å²) in [6, 6.07) is 0. The molecule has 1 rings (SSSR count). The van der Waals surface area contributed by atoms with Crippen molar-refractivity contribution < 1.29 is 0 Å². The van der Waals surface area contributed by atoms with Gasteiger partial charge in [-0.05, 0) is 31.7 Å².